The van der Waals surface area contributed by atoms with Crippen molar-refractivity contribution in [2.75, 3.05) is 19.7 Å². The predicted octanol–water partition coefficient (Wildman–Crippen LogP) is 3.53. The molecule has 1 aromatic heterocycles. The molecule has 0 radical (unpaired) electrons. The zero-order valence-corrected chi connectivity index (χ0v) is 12.7. The second-order valence-corrected chi connectivity index (χ2v) is 6.09. The number of hydrogen-bond acceptors (Lipinski definition) is 3. The molecule has 3 rings (SSSR count). The van der Waals surface area contributed by atoms with Gasteiger partial charge < -0.3 is 9.64 Å². The van der Waals surface area contributed by atoms with E-state index in [0.29, 0.717) is 5.92 Å². The van der Waals surface area contributed by atoms with Crippen LogP contribution in [0.1, 0.15) is 24.3 Å². The Morgan fingerprint density at radius 2 is 1.95 bits per heavy atom. The third-order valence-electron chi connectivity index (χ3n) is 3.97. The summed E-state index contributed by atoms with van der Waals surface area (Å²) >= 11 is 1.75. The van der Waals surface area contributed by atoms with Gasteiger partial charge in [0.1, 0.15) is 5.75 Å². The highest BCUT2D eigenvalue weighted by Gasteiger charge is 2.24. The van der Waals surface area contributed by atoms with Crippen LogP contribution in [-0.4, -0.2) is 30.5 Å². The zero-order chi connectivity index (χ0) is 14.5. The Bertz CT molecular complexity index is 560. The van der Waals surface area contributed by atoms with E-state index in [4.69, 9.17) is 4.74 Å². The van der Waals surface area contributed by atoms with Gasteiger partial charge in [0.2, 0.25) is 0 Å². The molecule has 21 heavy (non-hydrogen) atoms. The van der Waals surface area contributed by atoms with Crippen molar-refractivity contribution in [2.45, 2.75) is 18.8 Å². The number of thiophene rings is 1. The van der Waals surface area contributed by atoms with Crippen LogP contribution in [0.5, 0.6) is 5.75 Å². The summed E-state index contributed by atoms with van der Waals surface area (Å²) in [6, 6.07) is 11.7. The molecule has 0 aliphatic carbocycles. The van der Waals surface area contributed by atoms with E-state index in [0.717, 1.165) is 31.7 Å². The molecule has 0 N–H and O–H groups in total. The van der Waals surface area contributed by atoms with Gasteiger partial charge in [0.25, 0.3) is 5.91 Å². The number of nitrogens with zero attached hydrogens (tertiary/aromatic N) is 1. The Hall–Kier alpha value is -1.81. The molecule has 4 heteroatoms. The van der Waals surface area contributed by atoms with Gasteiger partial charge in [0.05, 0.1) is 0 Å². The Morgan fingerprint density at radius 1 is 1.19 bits per heavy atom. The lowest BCUT2D eigenvalue weighted by atomic mass is 9.91. The van der Waals surface area contributed by atoms with Crippen LogP contribution in [0.25, 0.3) is 0 Å². The van der Waals surface area contributed by atoms with Crippen LogP contribution in [0.2, 0.25) is 0 Å². The average Bonchev–Trinajstić information content (AvgIpc) is 3.08. The number of carbonyl (C=O) groups excluding carboxylic acids is 1. The number of carbonyl (C=O) groups is 1. The van der Waals surface area contributed by atoms with Gasteiger partial charge >= 0.3 is 0 Å². The lowest BCUT2D eigenvalue weighted by molar-refractivity contribution is -0.134. The maximum Gasteiger partial charge on any atom is 0.260 e. The number of likely N-dealkylation sites (tertiary alicyclic amines) is 1. The number of hydrogen-bond donors (Lipinski definition) is 0. The van der Waals surface area contributed by atoms with Crippen molar-refractivity contribution < 1.29 is 9.53 Å². The molecule has 0 saturated carbocycles. The SMILES string of the molecule is O=C(COc1ccccc1)N1CCC(c2ccsc2)CC1. The minimum Gasteiger partial charge on any atom is -0.484 e. The fourth-order valence-corrected chi connectivity index (χ4v) is 3.47. The van der Waals surface area contributed by atoms with Crippen LogP contribution >= 0.6 is 11.3 Å². The number of rotatable bonds is 4. The van der Waals surface area contributed by atoms with Gasteiger partial charge in [-0.05, 0) is 53.3 Å². The molecular weight excluding hydrogens is 282 g/mol. The summed E-state index contributed by atoms with van der Waals surface area (Å²) in [7, 11) is 0. The van der Waals surface area contributed by atoms with Crippen molar-refractivity contribution in [1.82, 2.24) is 4.90 Å². The minimum atomic E-state index is 0.0858. The topological polar surface area (TPSA) is 29.5 Å². The molecule has 0 bridgehead atoms. The van der Waals surface area contributed by atoms with Crippen LogP contribution in [0.3, 0.4) is 0 Å². The fourth-order valence-electron chi connectivity index (χ4n) is 2.72. The van der Waals surface area contributed by atoms with Gasteiger partial charge in [0.15, 0.2) is 6.61 Å². The minimum absolute atomic E-state index is 0.0858. The third-order valence-corrected chi connectivity index (χ3v) is 4.67. The second-order valence-electron chi connectivity index (χ2n) is 5.31. The van der Waals surface area contributed by atoms with Crippen LogP contribution < -0.4 is 4.74 Å². The van der Waals surface area contributed by atoms with E-state index in [-0.39, 0.29) is 12.5 Å². The van der Waals surface area contributed by atoms with Crippen molar-refractivity contribution in [3.63, 3.8) is 0 Å². The highest BCUT2D eigenvalue weighted by atomic mass is 32.1. The Balaban J connectivity index is 1.47. The molecule has 0 spiro atoms. The fraction of sp³-hybridized carbons (Fsp3) is 0.353. The largest absolute Gasteiger partial charge is 0.484 e. The highest BCUT2D eigenvalue weighted by molar-refractivity contribution is 7.07. The zero-order valence-electron chi connectivity index (χ0n) is 11.9. The van der Waals surface area contributed by atoms with E-state index < -0.39 is 0 Å². The van der Waals surface area contributed by atoms with Crippen molar-refractivity contribution in [1.29, 1.82) is 0 Å². The van der Waals surface area contributed by atoms with E-state index in [1.54, 1.807) is 11.3 Å². The predicted molar refractivity (Wildman–Crippen MR) is 84.8 cm³/mol. The van der Waals surface area contributed by atoms with Crippen LogP contribution in [-0.2, 0) is 4.79 Å². The van der Waals surface area contributed by atoms with Gasteiger partial charge in [-0.1, -0.05) is 18.2 Å². The van der Waals surface area contributed by atoms with E-state index in [2.05, 4.69) is 16.8 Å². The van der Waals surface area contributed by atoms with Crippen LogP contribution in [0.4, 0.5) is 0 Å². The van der Waals surface area contributed by atoms with E-state index >= 15 is 0 Å². The van der Waals surface area contributed by atoms with Gasteiger partial charge in [-0.25, -0.2) is 0 Å². The first-order valence-corrected chi connectivity index (χ1v) is 8.25. The maximum absolute atomic E-state index is 12.2. The molecule has 1 saturated heterocycles. The number of para-hydroxylation sites is 1. The quantitative estimate of drug-likeness (QED) is 0.864. The molecule has 1 aromatic carbocycles. The molecule has 1 aliphatic heterocycles. The van der Waals surface area contributed by atoms with Gasteiger partial charge in [0, 0.05) is 13.1 Å². The highest BCUT2D eigenvalue weighted by Crippen LogP contribution is 2.29. The van der Waals surface area contributed by atoms with Crippen molar-refractivity contribution in [3.05, 3.63) is 52.7 Å². The summed E-state index contributed by atoms with van der Waals surface area (Å²) < 4.78 is 5.53. The molecule has 2 aromatic rings. The monoisotopic (exact) mass is 301 g/mol. The number of ether oxygens (including phenoxy) is 1. The van der Waals surface area contributed by atoms with Crippen molar-refractivity contribution in [3.8, 4) is 5.75 Å². The average molecular weight is 301 g/mol. The molecule has 110 valence electrons. The first kappa shape index (κ1) is 14.1. The summed E-state index contributed by atoms with van der Waals surface area (Å²) in [4.78, 5) is 14.1. The Labute approximate surface area is 129 Å². The number of amides is 1. The molecule has 0 unspecified atom stereocenters. The number of piperidine rings is 1. The first-order chi connectivity index (χ1) is 10.3. The summed E-state index contributed by atoms with van der Waals surface area (Å²) in [6.07, 6.45) is 2.10. The normalized spacial score (nSPS) is 15.9. The lowest BCUT2D eigenvalue weighted by Crippen LogP contribution is -2.40. The maximum atomic E-state index is 12.2. The molecular formula is C17H19NO2S. The van der Waals surface area contributed by atoms with Crippen molar-refractivity contribution >= 4 is 17.2 Å². The van der Waals surface area contributed by atoms with Crippen molar-refractivity contribution in [2.24, 2.45) is 0 Å². The van der Waals surface area contributed by atoms with E-state index in [1.807, 2.05) is 35.2 Å². The van der Waals surface area contributed by atoms with Gasteiger partial charge in [-0.2, -0.15) is 11.3 Å². The summed E-state index contributed by atoms with van der Waals surface area (Å²) in [5.74, 6) is 1.44. The van der Waals surface area contributed by atoms with Gasteiger partial charge in [-0.15, -0.1) is 0 Å². The Kier molecular flexibility index (Phi) is 4.55. The summed E-state index contributed by atoms with van der Waals surface area (Å²) in [5.41, 5.74) is 1.42. The van der Waals surface area contributed by atoms with Gasteiger partial charge in [-0.3, -0.25) is 4.79 Å². The van der Waals surface area contributed by atoms with E-state index in [1.165, 1.54) is 5.56 Å². The van der Waals surface area contributed by atoms with Crippen LogP contribution in [0, 0.1) is 0 Å². The molecule has 3 nitrogen and oxygen atoms in total. The number of benzene rings is 1. The lowest BCUT2D eigenvalue weighted by Gasteiger charge is -2.31. The molecule has 0 atom stereocenters. The molecule has 2 heterocycles. The Morgan fingerprint density at radius 3 is 2.62 bits per heavy atom. The summed E-state index contributed by atoms with van der Waals surface area (Å²) in [5, 5.41) is 4.35. The molecule has 1 aliphatic rings. The smallest absolute Gasteiger partial charge is 0.260 e. The summed E-state index contributed by atoms with van der Waals surface area (Å²) in [6.45, 7) is 1.79. The van der Waals surface area contributed by atoms with Crippen LogP contribution in [0.15, 0.2) is 47.2 Å². The van der Waals surface area contributed by atoms with E-state index in [9.17, 15) is 4.79 Å². The molecule has 1 fully saturated rings. The first-order valence-electron chi connectivity index (χ1n) is 7.30. The standard InChI is InChI=1S/C17H19NO2S/c19-17(12-20-16-4-2-1-3-5-16)18-9-6-14(7-10-18)15-8-11-21-13-15/h1-5,8,11,13-14H,6-7,9-10,12H2. The molecule has 1 amide bonds. The third kappa shape index (κ3) is 3.64. The second kappa shape index (κ2) is 6.76.